The summed E-state index contributed by atoms with van der Waals surface area (Å²) in [5, 5.41) is 2.78. The zero-order valence-electron chi connectivity index (χ0n) is 13.4. The Hall–Kier alpha value is -2.89. The van der Waals surface area contributed by atoms with Gasteiger partial charge in [0.05, 0.1) is 11.9 Å². The summed E-state index contributed by atoms with van der Waals surface area (Å²) in [7, 11) is 0. The molecule has 8 nitrogen and oxygen atoms in total. The molecule has 0 aliphatic heterocycles. The van der Waals surface area contributed by atoms with Gasteiger partial charge in [-0.3, -0.25) is 9.59 Å². The number of anilines is 2. The molecule has 26 heavy (non-hydrogen) atoms. The highest BCUT2D eigenvalue weighted by Crippen LogP contribution is 2.30. The van der Waals surface area contributed by atoms with Crippen molar-refractivity contribution in [2.45, 2.75) is 18.3 Å². The highest BCUT2D eigenvalue weighted by molar-refractivity contribution is 7.98. The number of carbonyl (C=O) groups excluding carboxylic acids is 2. The average Bonchev–Trinajstić information content (AvgIpc) is 2.53. The molecule has 0 fully saturated rings. The van der Waals surface area contributed by atoms with E-state index in [0.717, 1.165) is 37.0 Å². The molecule has 0 atom stereocenters. The molecule has 0 aliphatic rings. The van der Waals surface area contributed by atoms with Crippen molar-refractivity contribution in [3.05, 3.63) is 29.6 Å². The Labute approximate surface area is 149 Å². The lowest BCUT2D eigenvalue weighted by atomic mass is 10.2. The number of pyridine rings is 1. The lowest BCUT2D eigenvalue weighted by Crippen LogP contribution is -2.19. The summed E-state index contributed by atoms with van der Waals surface area (Å²) in [5.41, 5.74) is 4.01. The van der Waals surface area contributed by atoms with Gasteiger partial charge in [0, 0.05) is 6.92 Å². The van der Waals surface area contributed by atoms with Crippen LogP contribution in [-0.4, -0.2) is 33.1 Å². The zero-order chi connectivity index (χ0) is 19.5. The number of hydrogen-bond donors (Lipinski definition) is 2. The Morgan fingerprint density at radius 3 is 2.42 bits per heavy atom. The molecule has 0 radical (unpaired) electrons. The molecule has 138 valence electrons. The van der Waals surface area contributed by atoms with Crippen molar-refractivity contribution in [2.75, 3.05) is 11.6 Å². The Bertz CT molecular complexity index is 843. The van der Waals surface area contributed by atoms with E-state index >= 15 is 0 Å². The largest absolute Gasteiger partial charge is 0.433 e. The van der Waals surface area contributed by atoms with Gasteiger partial charge in [0.2, 0.25) is 5.88 Å². The highest BCUT2D eigenvalue weighted by Gasteiger charge is 2.32. The number of hydrogen-bond acceptors (Lipinski definition) is 8. The topological polar surface area (TPSA) is 120 Å². The summed E-state index contributed by atoms with van der Waals surface area (Å²) in [6.07, 6.45) is -2.03. The van der Waals surface area contributed by atoms with Crippen LogP contribution in [0.3, 0.4) is 0 Å². The van der Waals surface area contributed by atoms with E-state index in [2.05, 4.69) is 20.3 Å². The molecule has 2 heterocycles. The molecule has 2 aromatic heterocycles. The van der Waals surface area contributed by atoms with Gasteiger partial charge in [-0.15, -0.1) is 0 Å². The third-order valence-corrected chi connectivity index (χ3v) is 3.39. The second-order valence-electron chi connectivity index (χ2n) is 4.75. The van der Waals surface area contributed by atoms with Gasteiger partial charge in [-0.05, 0) is 18.4 Å². The molecule has 0 aromatic carbocycles. The number of ether oxygens (including phenoxy) is 1. The van der Waals surface area contributed by atoms with Gasteiger partial charge >= 0.3 is 12.1 Å². The van der Waals surface area contributed by atoms with Crippen LogP contribution in [0, 0.1) is 0 Å². The molecule has 0 spiro atoms. The summed E-state index contributed by atoms with van der Waals surface area (Å²) in [6.45, 7) is 1.11. The van der Waals surface area contributed by atoms with Crippen molar-refractivity contribution in [1.82, 2.24) is 15.0 Å². The van der Waals surface area contributed by atoms with E-state index in [1.807, 2.05) is 0 Å². The van der Waals surface area contributed by atoms with Gasteiger partial charge in [-0.2, -0.15) is 18.2 Å². The summed E-state index contributed by atoms with van der Waals surface area (Å²) >= 11 is 1.09. The van der Waals surface area contributed by atoms with Crippen LogP contribution in [0.4, 0.5) is 24.7 Å². The Morgan fingerprint density at radius 1 is 1.27 bits per heavy atom. The van der Waals surface area contributed by atoms with Crippen LogP contribution in [0.1, 0.15) is 23.0 Å². The molecule has 2 rings (SSSR count). The number of alkyl halides is 3. The molecule has 2 aromatic rings. The third-order valence-electron chi connectivity index (χ3n) is 2.84. The van der Waals surface area contributed by atoms with E-state index in [1.54, 1.807) is 6.26 Å². The summed E-state index contributed by atoms with van der Waals surface area (Å²) in [4.78, 5) is 34.2. The van der Waals surface area contributed by atoms with Crippen molar-refractivity contribution < 1.29 is 27.5 Å². The minimum absolute atomic E-state index is 0.111. The monoisotopic (exact) mass is 387 g/mol. The van der Waals surface area contributed by atoms with Gasteiger partial charge < -0.3 is 15.8 Å². The summed E-state index contributed by atoms with van der Waals surface area (Å²) < 4.78 is 42.6. The van der Waals surface area contributed by atoms with Crippen molar-refractivity contribution >= 4 is 35.1 Å². The fourth-order valence-electron chi connectivity index (χ4n) is 1.81. The number of carbonyl (C=O) groups is 2. The van der Waals surface area contributed by atoms with E-state index in [4.69, 9.17) is 10.5 Å². The van der Waals surface area contributed by atoms with Crippen LogP contribution < -0.4 is 15.8 Å². The number of halogens is 3. The van der Waals surface area contributed by atoms with Gasteiger partial charge in [0.1, 0.15) is 11.3 Å². The average molecular weight is 387 g/mol. The van der Waals surface area contributed by atoms with E-state index in [1.165, 1.54) is 0 Å². The number of primary amides is 1. The second kappa shape index (κ2) is 7.56. The summed E-state index contributed by atoms with van der Waals surface area (Å²) in [6, 6.07) is 1.86. The molecule has 0 unspecified atom stereocenters. The predicted octanol–water partition coefficient (Wildman–Crippen LogP) is 2.38. The van der Waals surface area contributed by atoms with Crippen molar-refractivity contribution in [3.8, 4) is 5.88 Å². The first kappa shape index (κ1) is 19.4. The fourth-order valence-corrected chi connectivity index (χ4v) is 2.16. The number of nitrogens with two attached hydrogens (primary N) is 1. The molecule has 0 saturated carbocycles. The molecule has 1 amide bonds. The molecule has 0 bridgehead atoms. The first-order valence-electron chi connectivity index (χ1n) is 6.86. The van der Waals surface area contributed by atoms with E-state index in [-0.39, 0.29) is 28.1 Å². The first-order valence-corrected chi connectivity index (χ1v) is 8.08. The quantitative estimate of drug-likeness (QED) is 0.456. The number of amides is 1. The van der Waals surface area contributed by atoms with E-state index in [9.17, 15) is 22.8 Å². The first-order chi connectivity index (χ1) is 12.1. The molecular weight excluding hydrogens is 375 g/mol. The lowest BCUT2D eigenvalue weighted by Gasteiger charge is -2.13. The van der Waals surface area contributed by atoms with E-state index < -0.39 is 23.7 Å². The standard InChI is InChI=1S/C14H12F3N5O3S/c1-6(23)25-12-9(10(18)24)11(21-13(22-12)26-2)20-7-3-4-8(19-5-7)14(15,16)17/h3-5H,1-2H3,(H2,18,24)(H,20,21,22). The van der Waals surface area contributed by atoms with Gasteiger partial charge in [0.15, 0.2) is 11.0 Å². The van der Waals surface area contributed by atoms with Crippen LogP contribution in [0.15, 0.2) is 23.5 Å². The maximum absolute atomic E-state index is 12.6. The van der Waals surface area contributed by atoms with Crippen molar-refractivity contribution in [3.63, 3.8) is 0 Å². The van der Waals surface area contributed by atoms with Crippen LogP contribution in [-0.2, 0) is 11.0 Å². The zero-order valence-corrected chi connectivity index (χ0v) is 14.2. The molecule has 0 saturated heterocycles. The molecule has 12 heteroatoms. The van der Waals surface area contributed by atoms with Crippen LogP contribution in [0.25, 0.3) is 0 Å². The number of thioether (sulfide) groups is 1. The Kier molecular flexibility index (Phi) is 5.65. The maximum Gasteiger partial charge on any atom is 0.433 e. The number of rotatable bonds is 5. The van der Waals surface area contributed by atoms with Gasteiger partial charge in [0.25, 0.3) is 5.91 Å². The smallest absolute Gasteiger partial charge is 0.407 e. The molecular formula is C14H12F3N5O3S. The van der Waals surface area contributed by atoms with Crippen molar-refractivity contribution in [2.24, 2.45) is 5.73 Å². The second-order valence-corrected chi connectivity index (χ2v) is 5.53. The van der Waals surface area contributed by atoms with Gasteiger partial charge in [-0.25, -0.2) is 9.97 Å². The van der Waals surface area contributed by atoms with Crippen LogP contribution in [0.5, 0.6) is 5.88 Å². The lowest BCUT2D eigenvalue weighted by molar-refractivity contribution is -0.141. The molecule has 3 N–H and O–H groups in total. The Balaban J connectivity index is 2.47. The molecule has 0 aliphatic carbocycles. The number of nitrogens with zero attached hydrogens (tertiary/aromatic N) is 3. The number of nitrogens with one attached hydrogen (secondary N) is 1. The Morgan fingerprint density at radius 2 is 1.96 bits per heavy atom. The third kappa shape index (κ3) is 4.59. The van der Waals surface area contributed by atoms with Crippen LogP contribution >= 0.6 is 11.8 Å². The van der Waals surface area contributed by atoms with Gasteiger partial charge in [-0.1, -0.05) is 11.8 Å². The fraction of sp³-hybridized carbons (Fsp3) is 0.214. The minimum atomic E-state index is -4.58. The SMILES string of the molecule is CSc1nc(Nc2ccc(C(F)(F)F)nc2)c(C(N)=O)c(OC(C)=O)n1. The predicted molar refractivity (Wildman–Crippen MR) is 86.2 cm³/mol. The summed E-state index contributed by atoms with van der Waals surface area (Å²) in [5.74, 6) is -2.21. The van der Waals surface area contributed by atoms with Crippen molar-refractivity contribution in [1.29, 1.82) is 0 Å². The number of esters is 1. The highest BCUT2D eigenvalue weighted by atomic mass is 32.2. The van der Waals surface area contributed by atoms with Crippen LogP contribution in [0.2, 0.25) is 0 Å². The maximum atomic E-state index is 12.6. The van der Waals surface area contributed by atoms with E-state index in [0.29, 0.717) is 0 Å². The normalized spacial score (nSPS) is 11.1. The number of aromatic nitrogens is 3. The minimum Gasteiger partial charge on any atom is -0.407 e.